The van der Waals surface area contributed by atoms with Crippen molar-refractivity contribution in [3.8, 4) is 0 Å². The van der Waals surface area contributed by atoms with Crippen LogP contribution in [0.5, 0.6) is 0 Å². The maximum absolute atomic E-state index is 13.3. The molecule has 3 nitrogen and oxygen atoms in total. The fourth-order valence-electron chi connectivity index (χ4n) is 1.49. The molecule has 0 saturated heterocycles. The van der Waals surface area contributed by atoms with Gasteiger partial charge in [-0.05, 0) is 35.9 Å². The number of nitrogens with two attached hydrogens (primary N) is 1. The lowest BCUT2D eigenvalue weighted by molar-refractivity contribution is 0.626. The highest BCUT2D eigenvalue weighted by Crippen LogP contribution is 2.22. The topological polar surface area (TPSA) is 62.8 Å². The van der Waals surface area contributed by atoms with E-state index in [9.17, 15) is 4.39 Å². The number of hydrogen-bond acceptors (Lipinski definition) is 3. The molecule has 0 aliphatic heterocycles. The SMILES string of the molecule is N=C(N)c1cc(F)cc(CSc2ccncc2)c1. The van der Waals surface area contributed by atoms with E-state index in [1.165, 1.54) is 12.1 Å². The second-order valence-corrected chi connectivity index (χ2v) is 4.78. The van der Waals surface area contributed by atoms with E-state index in [0.717, 1.165) is 10.5 Å². The van der Waals surface area contributed by atoms with Crippen LogP contribution in [-0.4, -0.2) is 10.8 Å². The molecule has 0 aliphatic carbocycles. The van der Waals surface area contributed by atoms with Crippen LogP contribution in [0.4, 0.5) is 4.39 Å². The first kappa shape index (κ1) is 12.6. The number of amidine groups is 1. The summed E-state index contributed by atoms with van der Waals surface area (Å²) < 4.78 is 13.3. The molecule has 1 heterocycles. The monoisotopic (exact) mass is 261 g/mol. The summed E-state index contributed by atoms with van der Waals surface area (Å²) in [7, 11) is 0. The first-order valence-electron chi connectivity index (χ1n) is 5.32. The minimum absolute atomic E-state index is 0.121. The van der Waals surface area contributed by atoms with Gasteiger partial charge in [-0.2, -0.15) is 0 Å². The minimum atomic E-state index is -0.368. The van der Waals surface area contributed by atoms with Crippen LogP contribution < -0.4 is 5.73 Å². The number of pyridine rings is 1. The molecule has 5 heteroatoms. The van der Waals surface area contributed by atoms with Gasteiger partial charge >= 0.3 is 0 Å². The van der Waals surface area contributed by atoms with E-state index in [0.29, 0.717) is 11.3 Å². The van der Waals surface area contributed by atoms with Crippen molar-refractivity contribution in [2.75, 3.05) is 0 Å². The molecular weight excluding hydrogens is 249 g/mol. The highest BCUT2D eigenvalue weighted by Gasteiger charge is 2.04. The van der Waals surface area contributed by atoms with E-state index < -0.39 is 0 Å². The summed E-state index contributed by atoms with van der Waals surface area (Å²) in [4.78, 5) is 5.00. The summed E-state index contributed by atoms with van der Waals surface area (Å²) in [5.41, 5.74) is 6.58. The molecule has 0 unspecified atom stereocenters. The molecule has 0 amide bonds. The lowest BCUT2D eigenvalue weighted by Crippen LogP contribution is -2.11. The number of halogens is 1. The molecule has 2 rings (SSSR count). The third-order valence-corrected chi connectivity index (χ3v) is 3.41. The van der Waals surface area contributed by atoms with Gasteiger partial charge in [0.25, 0.3) is 0 Å². The van der Waals surface area contributed by atoms with Crippen LogP contribution >= 0.6 is 11.8 Å². The standard InChI is InChI=1S/C13H12FN3S/c14-11-6-9(5-10(7-11)13(15)16)8-18-12-1-3-17-4-2-12/h1-7H,8H2,(H3,15,16). The van der Waals surface area contributed by atoms with Gasteiger partial charge in [-0.25, -0.2) is 4.39 Å². The summed E-state index contributed by atoms with van der Waals surface area (Å²) in [6, 6.07) is 8.26. The van der Waals surface area contributed by atoms with Crippen molar-refractivity contribution in [3.05, 3.63) is 59.7 Å². The number of thioether (sulfide) groups is 1. The van der Waals surface area contributed by atoms with Gasteiger partial charge in [0.15, 0.2) is 0 Å². The molecule has 0 spiro atoms. The summed E-state index contributed by atoms with van der Waals surface area (Å²) in [5.74, 6) is 0.139. The fraction of sp³-hybridized carbons (Fsp3) is 0.0769. The second-order valence-electron chi connectivity index (χ2n) is 3.73. The van der Waals surface area contributed by atoms with Crippen LogP contribution in [0.2, 0.25) is 0 Å². The van der Waals surface area contributed by atoms with E-state index in [4.69, 9.17) is 11.1 Å². The van der Waals surface area contributed by atoms with Crippen molar-refractivity contribution in [2.24, 2.45) is 5.73 Å². The van der Waals surface area contributed by atoms with Gasteiger partial charge in [0, 0.05) is 28.6 Å². The average molecular weight is 261 g/mol. The Morgan fingerprint density at radius 2 is 2.00 bits per heavy atom. The number of nitrogens with zero attached hydrogens (tertiary/aromatic N) is 1. The third-order valence-electron chi connectivity index (χ3n) is 2.32. The zero-order valence-electron chi connectivity index (χ0n) is 9.56. The van der Waals surface area contributed by atoms with Crippen LogP contribution in [0, 0.1) is 11.2 Å². The fourth-order valence-corrected chi connectivity index (χ4v) is 2.30. The van der Waals surface area contributed by atoms with Crippen molar-refractivity contribution in [1.29, 1.82) is 5.41 Å². The summed E-state index contributed by atoms with van der Waals surface area (Å²) >= 11 is 1.58. The Labute approximate surface area is 109 Å². The normalized spacial score (nSPS) is 10.3. The van der Waals surface area contributed by atoms with Gasteiger partial charge in [0.1, 0.15) is 11.7 Å². The smallest absolute Gasteiger partial charge is 0.124 e. The zero-order valence-corrected chi connectivity index (χ0v) is 10.4. The molecule has 0 atom stereocenters. The lowest BCUT2D eigenvalue weighted by Gasteiger charge is -2.05. The minimum Gasteiger partial charge on any atom is -0.384 e. The maximum Gasteiger partial charge on any atom is 0.124 e. The predicted octanol–water partition coefficient (Wildman–Crippen LogP) is 2.80. The Balaban J connectivity index is 2.12. The van der Waals surface area contributed by atoms with Crippen molar-refractivity contribution >= 4 is 17.6 Å². The Hall–Kier alpha value is -1.88. The molecular formula is C13H12FN3S. The lowest BCUT2D eigenvalue weighted by atomic mass is 10.1. The van der Waals surface area contributed by atoms with Gasteiger partial charge in [-0.15, -0.1) is 11.8 Å². The third kappa shape index (κ3) is 3.30. The largest absolute Gasteiger partial charge is 0.384 e. The highest BCUT2D eigenvalue weighted by molar-refractivity contribution is 7.98. The van der Waals surface area contributed by atoms with Crippen LogP contribution in [-0.2, 0) is 5.75 Å². The maximum atomic E-state index is 13.3. The van der Waals surface area contributed by atoms with E-state index in [2.05, 4.69) is 4.98 Å². The Bertz CT molecular complexity index is 557. The summed E-state index contributed by atoms with van der Waals surface area (Å²) in [5, 5.41) is 7.32. The van der Waals surface area contributed by atoms with Crippen LogP contribution in [0.15, 0.2) is 47.6 Å². The zero-order chi connectivity index (χ0) is 13.0. The molecule has 2 aromatic rings. The number of aromatic nitrogens is 1. The number of rotatable bonds is 4. The molecule has 0 bridgehead atoms. The van der Waals surface area contributed by atoms with E-state index in [1.54, 1.807) is 30.2 Å². The second kappa shape index (κ2) is 5.64. The molecule has 0 fully saturated rings. The number of nitrogens with one attached hydrogen (secondary N) is 1. The first-order chi connectivity index (χ1) is 8.65. The van der Waals surface area contributed by atoms with Crippen LogP contribution in [0.3, 0.4) is 0 Å². The first-order valence-corrected chi connectivity index (χ1v) is 6.30. The van der Waals surface area contributed by atoms with Gasteiger partial charge in [-0.3, -0.25) is 10.4 Å². The number of benzene rings is 1. The summed E-state index contributed by atoms with van der Waals surface area (Å²) in [6.45, 7) is 0. The number of nitrogen functional groups attached to an aromatic ring is 1. The van der Waals surface area contributed by atoms with Gasteiger partial charge in [0.2, 0.25) is 0 Å². The van der Waals surface area contributed by atoms with Gasteiger partial charge in [0.05, 0.1) is 0 Å². The molecule has 92 valence electrons. The van der Waals surface area contributed by atoms with Crippen LogP contribution in [0.1, 0.15) is 11.1 Å². The van der Waals surface area contributed by atoms with Crippen molar-refractivity contribution in [2.45, 2.75) is 10.6 Å². The molecule has 1 aromatic heterocycles. The Morgan fingerprint density at radius 1 is 1.28 bits per heavy atom. The van der Waals surface area contributed by atoms with Crippen molar-refractivity contribution < 1.29 is 4.39 Å². The van der Waals surface area contributed by atoms with Crippen molar-refractivity contribution in [1.82, 2.24) is 4.98 Å². The van der Waals surface area contributed by atoms with Gasteiger partial charge in [-0.1, -0.05) is 0 Å². The molecule has 0 radical (unpaired) electrons. The van der Waals surface area contributed by atoms with Crippen LogP contribution in [0.25, 0.3) is 0 Å². The van der Waals surface area contributed by atoms with E-state index in [1.807, 2.05) is 12.1 Å². The molecule has 0 saturated carbocycles. The average Bonchev–Trinajstić information content (AvgIpc) is 2.37. The number of hydrogen-bond donors (Lipinski definition) is 2. The predicted molar refractivity (Wildman–Crippen MR) is 71.2 cm³/mol. The van der Waals surface area contributed by atoms with E-state index in [-0.39, 0.29) is 11.7 Å². The quantitative estimate of drug-likeness (QED) is 0.505. The molecule has 1 aromatic carbocycles. The molecule has 18 heavy (non-hydrogen) atoms. The van der Waals surface area contributed by atoms with E-state index >= 15 is 0 Å². The summed E-state index contributed by atoms with van der Waals surface area (Å²) in [6.07, 6.45) is 3.43. The van der Waals surface area contributed by atoms with Gasteiger partial charge < -0.3 is 5.73 Å². The Morgan fingerprint density at radius 3 is 2.67 bits per heavy atom. The molecule has 3 N–H and O–H groups in total. The van der Waals surface area contributed by atoms with Crippen molar-refractivity contribution in [3.63, 3.8) is 0 Å². The molecule has 0 aliphatic rings. The Kier molecular flexibility index (Phi) is 3.94. The highest BCUT2D eigenvalue weighted by atomic mass is 32.2.